The first-order chi connectivity index (χ1) is 8.15. The Morgan fingerprint density at radius 2 is 2.00 bits per heavy atom. The van der Waals surface area contributed by atoms with Crippen molar-refractivity contribution in [2.24, 2.45) is 5.92 Å². The van der Waals surface area contributed by atoms with Crippen LogP contribution < -0.4 is 0 Å². The third kappa shape index (κ3) is 3.40. The van der Waals surface area contributed by atoms with Crippen LogP contribution in [-0.2, 0) is 11.2 Å². The second-order valence-electron chi connectivity index (χ2n) is 5.32. The van der Waals surface area contributed by atoms with Crippen molar-refractivity contribution in [3.8, 4) is 0 Å². The molecule has 1 aliphatic rings. The lowest BCUT2D eigenvalue weighted by Crippen LogP contribution is -2.33. The molecule has 1 aromatic rings. The molecule has 2 unspecified atom stereocenters. The molecule has 0 saturated carbocycles. The molecule has 1 heterocycles. The van der Waals surface area contributed by atoms with Gasteiger partial charge >= 0.3 is 0 Å². The van der Waals surface area contributed by atoms with Gasteiger partial charge in [0, 0.05) is 19.0 Å². The molecule has 0 aromatic heterocycles. The normalized spacial score (nSPS) is 25.1. The highest BCUT2D eigenvalue weighted by Gasteiger charge is 2.27. The Morgan fingerprint density at radius 1 is 1.29 bits per heavy atom. The summed E-state index contributed by atoms with van der Waals surface area (Å²) in [7, 11) is 0. The molecule has 0 aliphatic carbocycles. The predicted molar refractivity (Wildman–Crippen MR) is 70.0 cm³/mol. The van der Waals surface area contributed by atoms with Gasteiger partial charge in [-0.3, -0.25) is 9.69 Å². The minimum absolute atomic E-state index is 0.331. The predicted octanol–water partition coefficient (Wildman–Crippen LogP) is 2.53. The van der Waals surface area contributed by atoms with Gasteiger partial charge in [0.15, 0.2) is 5.78 Å². The first kappa shape index (κ1) is 12.3. The molecule has 1 saturated heterocycles. The minimum Gasteiger partial charge on any atom is -0.298 e. The minimum atomic E-state index is 0.331. The summed E-state index contributed by atoms with van der Waals surface area (Å²) in [5, 5.41) is 0. The number of Topliss-reactive ketones (excluding diaryl/α,β-unsaturated/α-hetero) is 1. The van der Waals surface area contributed by atoms with Crippen molar-refractivity contribution in [2.75, 3.05) is 13.1 Å². The van der Waals surface area contributed by atoms with E-state index in [1.54, 1.807) is 0 Å². The van der Waals surface area contributed by atoms with Gasteiger partial charge < -0.3 is 0 Å². The molecule has 92 valence electrons. The van der Waals surface area contributed by atoms with E-state index < -0.39 is 0 Å². The third-order valence-corrected chi connectivity index (χ3v) is 3.54. The van der Waals surface area contributed by atoms with Crippen molar-refractivity contribution in [3.05, 3.63) is 35.9 Å². The van der Waals surface area contributed by atoms with Gasteiger partial charge in [0.2, 0.25) is 0 Å². The molecule has 1 aliphatic heterocycles. The molecule has 2 heteroatoms. The number of benzene rings is 1. The molecular weight excluding hydrogens is 210 g/mol. The zero-order valence-corrected chi connectivity index (χ0v) is 10.7. The average molecular weight is 231 g/mol. The SMILES string of the molecule is CC1CC(C)N(CC(=O)Cc2ccccc2)C1. The molecule has 1 aromatic carbocycles. The number of carbonyl (C=O) groups excluding carboxylic acids is 1. The van der Waals surface area contributed by atoms with E-state index in [4.69, 9.17) is 0 Å². The number of rotatable bonds is 4. The lowest BCUT2D eigenvalue weighted by molar-refractivity contribution is -0.119. The lowest BCUT2D eigenvalue weighted by Gasteiger charge is -2.19. The Labute approximate surface area is 104 Å². The van der Waals surface area contributed by atoms with E-state index >= 15 is 0 Å². The Kier molecular flexibility index (Phi) is 3.95. The van der Waals surface area contributed by atoms with E-state index in [-0.39, 0.29) is 0 Å². The molecule has 0 radical (unpaired) electrons. The van der Waals surface area contributed by atoms with Gasteiger partial charge in [-0.25, -0.2) is 0 Å². The van der Waals surface area contributed by atoms with Crippen LogP contribution in [0.3, 0.4) is 0 Å². The molecule has 17 heavy (non-hydrogen) atoms. The Morgan fingerprint density at radius 3 is 2.59 bits per heavy atom. The number of hydrogen-bond acceptors (Lipinski definition) is 2. The van der Waals surface area contributed by atoms with Crippen molar-refractivity contribution in [3.63, 3.8) is 0 Å². The van der Waals surface area contributed by atoms with E-state index in [1.807, 2.05) is 30.3 Å². The summed E-state index contributed by atoms with van der Waals surface area (Å²) in [6.45, 7) is 6.17. The highest BCUT2D eigenvalue weighted by Crippen LogP contribution is 2.21. The fourth-order valence-corrected chi connectivity index (χ4v) is 2.71. The Hall–Kier alpha value is -1.15. The topological polar surface area (TPSA) is 20.3 Å². The van der Waals surface area contributed by atoms with Gasteiger partial charge in [0.25, 0.3) is 0 Å². The maximum absolute atomic E-state index is 12.0. The van der Waals surface area contributed by atoms with Gasteiger partial charge in [0.1, 0.15) is 0 Å². The van der Waals surface area contributed by atoms with E-state index in [0.717, 1.165) is 18.0 Å². The first-order valence-corrected chi connectivity index (χ1v) is 6.45. The molecule has 0 bridgehead atoms. The second-order valence-corrected chi connectivity index (χ2v) is 5.32. The standard InChI is InChI=1S/C15H21NO/c1-12-8-13(2)16(10-12)11-15(17)9-14-6-4-3-5-7-14/h3-7,12-13H,8-11H2,1-2H3. The van der Waals surface area contributed by atoms with Crippen molar-refractivity contribution >= 4 is 5.78 Å². The van der Waals surface area contributed by atoms with Gasteiger partial charge in [0.05, 0.1) is 6.54 Å². The highest BCUT2D eigenvalue weighted by molar-refractivity contribution is 5.82. The fourth-order valence-electron chi connectivity index (χ4n) is 2.71. The smallest absolute Gasteiger partial charge is 0.151 e. The zero-order valence-electron chi connectivity index (χ0n) is 10.7. The van der Waals surface area contributed by atoms with Crippen molar-refractivity contribution in [1.29, 1.82) is 0 Å². The van der Waals surface area contributed by atoms with Crippen LogP contribution in [0.15, 0.2) is 30.3 Å². The van der Waals surface area contributed by atoms with Gasteiger partial charge in [-0.15, -0.1) is 0 Å². The maximum Gasteiger partial charge on any atom is 0.151 e. The van der Waals surface area contributed by atoms with Crippen molar-refractivity contribution in [2.45, 2.75) is 32.7 Å². The Bertz CT molecular complexity index is 374. The molecule has 0 spiro atoms. The highest BCUT2D eigenvalue weighted by atomic mass is 16.1. The van der Waals surface area contributed by atoms with Crippen LogP contribution in [0.5, 0.6) is 0 Å². The van der Waals surface area contributed by atoms with Crippen molar-refractivity contribution in [1.82, 2.24) is 4.90 Å². The molecule has 2 rings (SSSR count). The first-order valence-electron chi connectivity index (χ1n) is 6.45. The summed E-state index contributed by atoms with van der Waals surface area (Å²) in [6, 6.07) is 10.6. The summed E-state index contributed by atoms with van der Waals surface area (Å²) in [5.41, 5.74) is 1.12. The van der Waals surface area contributed by atoms with Crippen LogP contribution in [-0.4, -0.2) is 29.8 Å². The monoisotopic (exact) mass is 231 g/mol. The lowest BCUT2D eigenvalue weighted by atomic mass is 10.1. The van der Waals surface area contributed by atoms with E-state index in [9.17, 15) is 4.79 Å². The second kappa shape index (κ2) is 5.46. The summed E-state index contributed by atoms with van der Waals surface area (Å²) in [4.78, 5) is 14.3. The van der Waals surface area contributed by atoms with E-state index in [0.29, 0.717) is 24.8 Å². The van der Waals surface area contributed by atoms with E-state index in [1.165, 1.54) is 6.42 Å². The van der Waals surface area contributed by atoms with E-state index in [2.05, 4.69) is 18.7 Å². The molecule has 2 nitrogen and oxygen atoms in total. The van der Waals surface area contributed by atoms with Gasteiger partial charge in [-0.1, -0.05) is 37.3 Å². The number of nitrogens with zero attached hydrogens (tertiary/aromatic N) is 1. The van der Waals surface area contributed by atoms with Gasteiger partial charge in [-0.05, 0) is 24.8 Å². The van der Waals surface area contributed by atoms with Gasteiger partial charge in [-0.2, -0.15) is 0 Å². The zero-order chi connectivity index (χ0) is 12.3. The number of likely N-dealkylation sites (tertiary alicyclic amines) is 1. The summed E-state index contributed by atoms with van der Waals surface area (Å²) >= 11 is 0. The summed E-state index contributed by atoms with van der Waals surface area (Å²) in [6.07, 6.45) is 1.79. The van der Waals surface area contributed by atoms with Crippen LogP contribution in [0.1, 0.15) is 25.8 Å². The molecule has 1 fully saturated rings. The number of ketones is 1. The van der Waals surface area contributed by atoms with Crippen LogP contribution in [0.4, 0.5) is 0 Å². The van der Waals surface area contributed by atoms with Crippen LogP contribution in [0, 0.1) is 5.92 Å². The fraction of sp³-hybridized carbons (Fsp3) is 0.533. The largest absolute Gasteiger partial charge is 0.298 e. The molecular formula is C15H21NO. The summed E-state index contributed by atoms with van der Waals surface area (Å²) < 4.78 is 0. The average Bonchev–Trinajstić information content (AvgIpc) is 2.58. The number of carbonyl (C=O) groups is 1. The van der Waals surface area contributed by atoms with Crippen molar-refractivity contribution < 1.29 is 4.79 Å². The Balaban J connectivity index is 1.86. The maximum atomic E-state index is 12.0. The summed E-state index contributed by atoms with van der Waals surface area (Å²) in [5.74, 6) is 1.06. The van der Waals surface area contributed by atoms with Crippen LogP contribution >= 0.6 is 0 Å². The molecule has 0 N–H and O–H groups in total. The quantitative estimate of drug-likeness (QED) is 0.793. The molecule has 0 amide bonds. The third-order valence-electron chi connectivity index (χ3n) is 3.54. The van der Waals surface area contributed by atoms with Crippen LogP contribution in [0.2, 0.25) is 0 Å². The number of hydrogen-bond donors (Lipinski definition) is 0. The molecule has 2 atom stereocenters. The van der Waals surface area contributed by atoms with Crippen LogP contribution in [0.25, 0.3) is 0 Å².